The van der Waals surface area contributed by atoms with Crippen LogP contribution in [0.2, 0.25) is 0 Å². The van der Waals surface area contributed by atoms with Gasteiger partial charge in [-0.2, -0.15) is 0 Å². The molecule has 1 aromatic heterocycles. The fourth-order valence-corrected chi connectivity index (χ4v) is 4.56. The maximum Gasteiger partial charge on any atom is 0.306 e. The molecular formula is C32H39FN2O4. The highest BCUT2D eigenvalue weighted by atomic mass is 19.1. The van der Waals surface area contributed by atoms with E-state index in [1.165, 1.54) is 32.6 Å². The Labute approximate surface area is 230 Å². The van der Waals surface area contributed by atoms with Gasteiger partial charge in [0.1, 0.15) is 17.7 Å². The van der Waals surface area contributed by atoms with Gasteiger partial charge in [-0.3, -0.25) is 4.79 Å². The van der Waals surface area contributed by atoms with Crippen LogP contribution in [0.25, 0.3) is 11.1 Å². The summed E-state index contributed by atoms with van der Waals surface area (Å²) in [5, 5.41) is 9.26. The van der Waals surface area contributed by atoms with Crippen molar-refractivity contribution in [3.8, 4) is 22.8 Å². The van der Waals surface area contributed by atoms with Crippen molar-refractivity contribution in [2.75, 3.05) is 20.7 Å². The maximum absolute atomic E-state index is 14.8. The van der Waals surface area contributed by atoms with Gasteiger partial charge in [-0.05, 0) is 66.7 Å². The number of aryl methyl sites for hydroxylation is 1. The molecule has 0 spiro atoms. The topological polar surface area (TPSA) is 71.9 Å². The number of carboxylic acid groups (broad SMARTS) is 1. The average Bonchev–Trinajstić information content (AvgIpc) is 3.83. The first-order valence-electron chi connectivity index (χ1n) is 13.8. The molecular weight excluding hydrogens is 495 g/mol. The maximum atomic E-state index is 14.8. The molecule has 2 atom stereocenters. The molecule has 7 heteroatoms. The summed E-state index contributed by atoms with van der Waals surface area (Å²) in [4.78, 5) is 17.4. The molecule has 0 radical (unpaired) electrons. The van der Waals surface area contributed by atoms with E-state index in [1.807, 2.05) is 37.4 Å². The molecule has 39 heavy (non-hydrogen) atoms. The van der Waals surface area contributed by atoms with E-state index in [1.54, 1.807) is 13.0 Å². The number of methoxy groups -OCH3 is 1. The summed E-state index contributed by atoms with van der Waals surface area (Å²) in [6.07, 6.45) is 7.72. The summed E-state index contributed by atoms with van der Waals surface area (Å²) >= 11 is 0. The van der Waals surface area contributed by atoms with Crippen LogP contribution in [0.5, 0.6) is 11.6 Å². The molecule has 208 valence electrons. The molecule has 0 bridgehead atoms. The zero-order valence-corrected chi connectivity index (χ0v) is 23.4. The van der Waals surface area contributed by atoms with E-state index in [0.717, 1.165) is 53.0 Å². The van der Waals surface area contributed by atoms with Gasteiger partial charge in [-0.15, -0.1) is 0 Å². The number of benzene rings is 2. The van der Waals surface area contributed by atoms with Crippen LogP contribution in [0.15, 0.2) is 48.7 Å². The fourth-order valence-electron chi connectivity index (χ4n) is 4.56. The number of hydrogen-bond acceptors (Lipinski definition) is 5. The molecule has 2 aromatic carbocycles. The summed E-state index contributed by atoms with van der Waals surface area (Å²) in [7, 11) is 3.55. The van der Waals surface area contributed by atoms with Crippen LogP contribution in [-0.2, 0) is 24.2 Å². The Balaban J connectivity index is 0.00000110. The van der Waals surface area contributed by atoms with Crippen molar-refractivity contribution in [3.05, 3.63) is 76.7 Å². The van der Waals surface area contributed by atoms with Crippen molar-refractivity contribution in [1.82, 2.24) is 9.88 Å². The predicted molar refractivity (Wildman–Crippen MR) is 151 cm³/mol. The summed E-state index contributed by atoms with van der Waals surface area (Å²) in [5.41, 5.74) is 5.38. The molecule has 0 saturated heterocycles. The van der Waals surface area contributed by atoms with Crippen LogP contribution < -0.4 is 9.47 Å². The van der Waals surface area contributed by atoms with E-state index in [4.69, 9.17) is 9.47 Å². The van der Waals surface area contributed by atoms with Crippen molar-refractivity contribution in [2.24, 2.45) is 5.92 Å². The van der Waals surface area contributed by atoms with Crippen molar-refractivity contribution in [2.45, 2.75) is 65.0 Å². The van der Waals surface area contributed by atoms with Gasteiger partial charge in [0.25, 0.3) is 0 Å². The standard InChI is InChI=1S/C29H33FN2O4.C3H6/c1-5-32(3)17-22-14-21(8-10-23(22)24-15-28(35-4)31-16-25(24)30)26-11-9-20-7-6-19(13-27(20)36-26)12-18(2)29(33)34;1-2-3-1/h6-8,10,13-16,18,26H,5,9,11-12,17H2,1-4H3,(H,33,34);1-3H2. The molecule has 6 nitrogen and oxygen atoms in total. The molecule has 1 saturated carbocycles. The van der Waals surface area contributed by atoms with Crippen molar-refractivity contribution in [1.29, 1.82) is 0 Å². The third kappa shape index (κ3) is 7.57. The Morgan fingerprint density at radius 1 is 1.18 bits per heavy atom. The molecule has 5 rings (SSSR count). The van der Waals surface area contributed by atoms with E-state index in [9.17, 15) is 14.3 Å². The number of nitrogens with zero attached hydrogens (tertiary/aromatic N) is 2. The van der Waals surface area contributed by atoms with Crippen LogP contribution in [0.1, 0.15) is 67.9 Å². The SMILES string of the molecule is C1CC1.CCN(C)Cc1cc(C2CCc3ccc(CC(C)C(=O)O)cc3O2)ccc1-c1cc(OC)ncc1F. The van der Waals surface area contributed by atoms with E-state index in [2.05, 4.69) is 22.9 Å². The number of halogens is 1. The highest BCUT2D eigenvalue weighted by molar-refractivity contribution is 5.70. The lowest BCUT2D eigenvalue weighted by Gasteiger charge is -2.28. The normalized spacial score (nSPS) is 16.4. The van der Waals surface area contributed by atoms with Crippen LogP contribution in [0.3, 0.4) is 0 Å². The number of aliphatic carboxylic acids is 1. The van der Waals surface area contributed by atoms with Crippen molar-refractivity contribution < 1.29 is 23.8 Å². The quantitative estimate of drug-likeness (QED) is 0.324. The number of aromatic nitrogens is 1. The Hall–Kier alpha value is -3.45. The number of ether oxygens (including phenoxy) is 2. The Morgan fingerprint density at radius 2 is 1.95 bits per heavy atom. The number of rotatable bonds is 9. The van der Waals surface area contributed by atoms with Gasteiger partial charge >= 0.3 is 5.97 Å². The Morgan fingerprint density at radius 3 is 2.62 bits per heavy atom. The van der Waals surface area contributed by atoms with Crippen molar-refractivity contribution >= 4 is 5.97 Å². The lowest BCUT2D eigenvalue weighted by atomic mass is 9.91. The predicted octanol–water partition coefficient (Wildman–Crippen LogP) is 6.85. The minimum atomic E-state index is -0.806. The Kier molecular flexibility index (Phi) is 9.57. The molecule has 1 aliphatic heterocycles. The average molecular weight is 535 g/mol. The van der Waals surface area contributed by atoms with Gasteiger partial charge in [0.2, 0.25) is 5.88 Å². The first kappa shape index (κ1) is 28.6. The summed E-state index contributed by atoms with van der Waals surface area (Å²) in [6.45, 7) is 5.31. The summed E-state index contributed by atoms with van der Waals surface area (Å²) < 4.78 is 26.5. The Bertz CT molecular complexity index is 1290. The van der Waals surface area contributed by atoms with Crippen LogP contribution in [0.4, 0.5) is 4.39 Å². The molecule has 0 amide bonds. The van der Waals surface area contributed by atoms with Gasteiger partial charge in [-0.25, -0.2) is 9.37 Å². The highest BCUT2D eigenvalue weighted by Crippen LogP contribution is 2.38. The number of pyridine rings is 1. The van der Waals surface area contributed by atoms with Gasteiger partial charge in [0, 0.05) is 18.2 Å². The highest BCUT2D eigenvalue weighted by Gasteiger charge is 2.24. The lowest BCUT2D eigenvalue weighted by molar-refractivity contribution is -0.141. The fraction of sp³-hybridized carbons (Fsp3) is 0.438. The number of carboxylic acids is 1. The van der Waals surface area contributed by atoms with Crippen LogP contribution >= 0.6 is 0 Å². The summed E-state index contributed by atoms with van der Waals surface area (Å²) in [6, 6.07) is 13.7. The van der Waals surface area contributed by atoms with Gasteiger partial charge < -0.3 is 19.5 Å². The van der Waals surface area contributed by atoms with E-state index in [-0.39, 0.29) is 6.10 Å². The molecule has 1 N–H and O–H groups in total. The second-order valence-electron chi connectivity index (χ2n) is 10.5. The third-order valence-electron chi connectivity index (χ3n) is 7.20. The van der Waals surface area contributed by atoms with Gasteiger partial charge in [0.15, 0.2) is 0 Å². The lowest BCUT2D eigenvalue weighted by Crippen LogP contribution is -2.19. The molecule has 2 unspecified atom stereocenters. The van der Waals surface area contributed by atoms with E-state index in [0.29, 0.717) is 24.4 Å². The zero-order chi connectivity index (χ0) is 27.9. The number of hydrogen-bond donors (Lipinski definition) is 1. The van der Waals surface area contributed by atoms with E-state index < -0.39 is 17.7 Å². The monoisotopic (exact) mass is 534 g/mol. The molecule has 2 aliphatic rings. The molecule has 1 fully saturated rings. The summed E-state index contributed by atoms with van der Waals surface area (Å²) in [5.74, 6) is -0.484. The number of carbonyl (C=O) groups is 1. The van der Waals surface area contributed by atoms with Crippen LogP contribution in [-0.4, -0.2) is 41.7 Å². The van der Waals surface area contributed by atoms with Crippen molar-refractivity contribution in [3.63, 3.8) is 0 Å². The van der Waals surface area contributed by atoms with E-state index >= 15 is 0 Å². The largest absolute Gasteiger partial charge is 0.485 e. The first-order valence-corrected chi connectivity index (χ1v) is 13.8. The minimum Gasteiger partial charge on any atom is -0.485 e. The van der Waals surface area contributed by atoms with Gasteiger partial charge in [-0.1, -0.05) is 63.4 Å². The smallest absolute Gasteiger partial charge is 0.306 e. The van der Waals surface area contributed by atoms with Crippen LogP contribution in [0, 0.1) is 11.7 Å². The first-order chi connectivity index (χ1) is 18.8. The molecule has 2 heterocycles. The number of fused-ring (bicyclic) bond motifs is 1. The molecule has 1 aliphatic carbocycles. The zero-order valence-electron chi connectivity index (χ0n) is 23.4. The molecule has 3 aromatic rings. The minimum absolute atomic E-state index is 0.138. The second-order valence-corrected chi connectivity index (χ2v) is 10.5. The van der Waals surface area contributed by atoms with Gasteiger partial charge in [0.05, 0.1) is 19.2 Å². The third-order valence-corrected chi connectivity index (χ3v) is 7.20. The second kappa shape index (κ2) is 13.1.